The van der Waals surface area contributed by atoms with Crippen LogP contribution in [-0.2, 0) is 16.1 Å². The summed E-state index contributed by atoms with van der Waals surface area (Å²) in [5, 5.41) is 10.1. The molecule has 0 bridgehead atoms. The Morgan fingerprint density at radius 3 is 2.76 bits per heavy atom. The number of nitrogens with zero attached hydrogens (tertiary/aromatic N) is 1. The van der Waals surface area contributed by atoms with E-state index >= 15 is 0 Å². The van der Waals surface area contributed by atoms with Crippen LogP contribution in [-0.4, -0.2) is 5.78 Å². The standard InChI is InChI=1S/C25H21BrClFN2O3/c1-25(2)9-19(31)23-21(10-25)33-24(30)14(11-29)22(23)13-6-7-20(16(26)8-13)32-12-15-17(27)4-3-5-18(15)28/h3-8,22H,9-10,12,30H2,1-2H3. The van der Waals surface area contributed by atoms with Crippen molar-refractivity contribution < 1.29 is 18.7 Å². The predicted octanol–water partition coefficient (Wildman–Crippen LogP) is 6.27. The number of halogens is 3. The van der Waals surface area contributed by atoms with E-state index in [9.17, 15) is 14.4 Å². The molecule has 0 spiro atoms. The molecule has 2 aromatic carbocycles. The van der Waals surface area contributed by atoms with Crippen molar-refractivity contribution in [1.29, 1.82) is 5.26 Å². The Morgan fingerprint density at radius 2 is 2.09 bits per heavy atom. The number of ketones is 1. The number of hydrogen-bond donors (Lipinski definition) is 1. The van der Waals surface area contributed by atoms with Crippen molar-refractivity contribution >= 4 is 33.3 Å². The van der Waals surface area contributed by atoms with Crippen LogP contribution in [0.25, 0.3) is 0 Å². The highest BCUT2D eigenvalue weighted by atomic mass is 79.9. The fourth-order valence-electron chi connectivity index (χ4n) is 4.25. The van der Waals surface area contributed by atoms with Gasteiger partial charge >= 0.3 is 0 Å². The van der Waals surface area contributed by atoms with Crippen LogP contribution < -0.4 is 10.5 Å². The molecule has 170 valence electrons. The quantitative estimate of drug-likeness (QED) is 0.502. The van der Waals surface area contributed by atoms with E-state index in [1.54, 1.807) is 24.3 Å². The van der Waals surface area contributed by atoms with E-state index < -0.39 is 11.7 Å². The third-order valence-corrected chi connectivity index (χ3v) is 6.77. The summed E-state index contributed by atoms with van der Waals surface area (Å²) in [7, 11) is 0. The Balaban J connectivity index is 1.68. The molecule has 0 amide bonds. The molecule has 4 rings (SSSR count). The van der Waals surface area contributed by atoms with E-state index in [2.05, 4.69) is 22.0 Å². The smallest absolute Gasteiger partial charge is 0.205 e. The second-order valence-corrected chi connectivity index (χ2v) is 10.1. The normalized spacial score (nSPS) is 19.6. The zero-order valence-corrected chi connectivity index (χ0v) is 20.4. The van der Waals surface area contributed by atoms with Gasteiger partial charge in [-0.05, 0) is 51.2 Å². The number of allylic oxidation sites excluding steroid dienone is 3. The minimum absolute atomic E-state index is 0.0115. The molecule has 0 saturated heterocycles. The van der Waals surface area contributed by atoms with Gasteiger partial charge in [0.25, 0.3) is 0 Å². The monoisotopic (exact) mass is 530 g/mol. The third-order valence-electron chi connectivity index (χ3n) is 5.80. The van der Waals surface area contributed by atoms with Crippen LogP contribution in [0.5, 0.6) is 5.75 Å². The zero-order valence-electron chi connectivity index (χ0n) is 18.0. The average molecular weight is 532 g/mol. The second-order valence-electron chi connectivity index (χ2n) is 8.88. The average Bonchev–Trinajstić information content (AvgIpc) is 2.72. The number of Topliss-reactive ketones (excluding diaryl/α,β-unsaturated/α-hetero) is 1. The largest absolute Gasteiger partial charge is 0.488 e. The molecule has 2 aromatic rings. The van der Waals surface area contributed by atoms with Crippen LogP contribution in [0.3, 0.4) is 0 Å². The number of carbonyl (C=O) groups excluding carboxylic acids is 1. The molecule has 8 heteroatoms. The molecule has 2 N–H and O–H groups in total. The van der Waals surface area contributed by atoms with Gasteiger partial charge in [-0.3, -0.25) is 4.79 Å². The molecule has 1 unspecified atom stereocenters. The maximum absolute atomic E-state index is 14.1. The number of nitriles is 1. The topological polar surface area (TPSA) is 85.3 Å². The maximum Gasteiger partial charge on any atom is 0.205 e. The second kappa shape index (κ2) is 8.85. The highest BCUT2D eigenvalue weighted by Gasteiger charge is 2.43. The number of hydrogen-bond acceptors (Lipinski definition) is 5. The molecule has 0 fully saturated rings. The molecular formula is C25H21BrClFN2O3. The van der Waals surface area contributed by atoms with Crippen LogP contribution in [0.2, 0.25) is 5.02 Å². The van der Waals surface area contributed by atoms with Crippen molar-refractivity contribution in [3.63, 3.8) is 0 Å². The van der Waals surface area contributed by atoms with Crippen molar-refractivity contribution in [3.8, 4) is 11.8 Å². The van der Waals surface area contributed by atoms with E-state index in [0.717, 1.165) is 0 Å². The molecule has 2 aliphatic rings. The van der Waals surface area contributed by atoms with Gasteiger partial charge in [0.2, 0.25) is 5.88 Å². The summed E-state index contributed by atoms with van der Waals surface area (Å²) in [4.78, 5) is 13.1. The first-order valence-corrected chi connectivity index (χ1v) is 11.5. The Hall–Kier alpha value is -2.82. The molecule has 1 heterocycles. The molecule has 0 aromatic heterocycles. The summed E-state index contributed by atoms with van der Waals surface area (Å²) in [6.45, 7) is 3.94. The highest BCUT2D eigenvalue weighted by Crippen LogP contribution is 2.48. The summed E-state index contributed by atoms with van der Waals surface area (Å²) >= 11 is 9.57. The number of rotatable bonds is 4. The minimum atomic E-state index is -0.631. The first kappa shape index (κ1) is 23.3. The van der Waals surface area contributed by atoms with Gasteiger partial charge in [0, 0.05) is 24.0 Å². The minimum Gasteiger partial charge on any atom is -0.488 e. The summed E-state index contributed by atoms with van der Waals surface area (Å²) in [5.74, 6) is -0.146. The summed E-state index contributed by atoms with van der Waals surface area (Å²) in [6.07, 6.45) is 0.909. The van der Waals surface area contributed by atoms with Gasteiger partial charge in [-0.25, -0.2) is 4.39 Å². The van der Waals surface area contributed by atoms with Gasteiger partial charge in [0.1, 0.15) is 35.6 Å². The van der Waals surface area contributed by atoms with Crippen LogP contribution in [0.4, 0.5) is 4.39 Å². The van der Waals surface area contributed by atoms with Crippen molar-refractivity contribution in [3.05, 3.63) is 85.6 Å². The van der Waals surface area contributed by atoms with Gasteiger partial charge in [0.05, 0.1) is 15.4 Å². The van der Waals surface area contributed by atoms with Crippen LogP contribution in [0, 0.1) is 22.6 Å². The van der Waals surface area contributed by atoms with E-state index in [0.29, 0.717) is 40.0 Å². The Bertz CT molecular complexity index is 1240. The Labute approximate surface area is 204 Å². The third kappa shape index (κ3) is 4.50. The van der Waals surface area contributed by atoms with E-state index in [4.69, 9.17) is 26.8 Å². The van der Waals surface area contributed by atoms with Gasteiger partial charge in [-0.1, -0.05) is 37.6 Å². The van der Waals surface area contributed by atoms with Gasteiger partial charge < -0.3 is 15.2 Å². The number of benzene rings is 2. The van der Waals surface area contributed by atoms with Gasteiger partial charge in [-0.15, -0.1) is 0 Å². The molecule has 1 aliphatic carbocycles. The summed E-state index contributed by atoms with van der Waals surface area (Å²) < 4.78 is 26.1. The first-order chi connectivity index (χ1) is 15.6. The van der Waals surface area contributed by atoms with E-state index in [1.165, 1.54) is 12.1 Å². The lowest BCUT2D eigenvalue weighted by molar-refractivity contribution is -0.119. The van der Waals surface area contributed by atoms with Crippen LogP contribution >= 0.6 is 27.5 Å². The maximum atomic E-state index is 14.1. The Kier molecular flexibility index (Phi) is 6.26. The molecule has 33 heavy (non-hydrogen) atoms. The summed E-state index contributed by atoms with van der Waals surface area (Å²) in [6, 6.07) is 11.8. The molecule has 1 atom stereocenters. The number of nitrogens with two attached hydrogens (primary N) is 1. The van der Waals surface area contributed by atoms with Crippen molar-refractivity contribution in [2.75, 3.05) is 0 Å². The fraction of sp³-hybridized carbons (Fsp3) is 0.280. The van der Waals surface area contributed by atoms with E-state index in [-0.39, 0.29) is 39.8 Å². The van der Waals surface area contributed by atoms with Crippen molar-refractivity contribution in [2.24, 2.45) is 11.1 Å². The lowest BCUT2D eigenvalue weighted by atomic mass is 9.70. The zero-order chi connectivity index (χ0) is 23.9. The lowest BCUT2D eigenvalue weighted by Gasteiger charge is -2.37. The molecule has 0 saturated carbocycles. The SMILES string of the molecule is CC1(C)CC(=O)C2=C(C1)OC(N)=C(C#N)C2c1ccc(OCc2c(F)cccc2Cl)c(Br)c1. The molecule has 5 nitrogen and oxygen atoms in total. The summed E-state index contributed by atoms with van der Waals surface area (Å²) in [5.41, 5.74) is 7.44. The number of carbonyl (C=O) groups is 1. The fourth-order valence-corrected chi connectivity index (χ4v) is 4.98. The molecular weight excluding hydrogens is 511 g/mol. The van der Waals surface area contributed by atoms with E-state index in [1.807, 2.05) is 13.8 Å². The molecule has 0 radical (unpaired) electrons. The van der Waals surface area contributed by atoms with Gasteiger partial charge in [-0.2, -0.15) is 5.26 Å². The Morgan fingerprint density at radius 1 is 1.33 bits per heavy atom. The molecule has 1 aliphatic heterocycles. The van der Waals surface area contributed by atoms with Crippen molar-refractivity contribution in [2.45, 2.75) is 39.2 Å². The van der Waals surface area contributed by atoms with Crippen LogP contribution in [0.1, 0.15) is 43.7 Å². The highest BCUT2D eigenvalue weighted by molar-refractivity contribution is 9.10. The lowest BCUT2D eigenvalue weighted by Crippen LogP contribution is -2.33. The first-order valence-electron chi connectivity index (χ1n) is 10.3. The van der Waals surface area contributed by atoms with Crippen LogP contribution in [0.15, 0.2) is 63.7 Å². The van der Waals surface area contributed by atoms with Crippen molar-refractivity contribution in [1.82, 2.24) is 0 Å². The predicted molar refractivity (Wildman–Crippen MR) is 126 cm³/mol. The van der Waals surface area contributed by atoms with Gasteiger partial charge in [0.15, 0.2) is 5.78 Å². The number of ether oxygens (including phenoxy) is 2.